The van der Waals surface area contributed by atoms with Crippen molar-refractivity contribution in [1.29, 1.82) is 0 Å². The lowest BCUT2D eigenvalue weighted by Crippen LogP contribution is -2.07. The van der Waals surface area contributed by atoms with Gasteiger partial charge in [0.15, 0.2) is 5.52 Å². The van der Waals surface area contributed by atoms with Crippen LogP contribution in [0.15, 0.2) is 67.0 Å². The second-order valence-corrected chi connectivity index (χ2v) is 7.69. The van der Waals surface area contributed by atoms with E-state index in [1.807, 2.05) is 0 Å². The van der Waals surface area contributed by atoms with Crippen LogP contribution in [-0.4, -0.2) is 25.1 Å². The van der Waals surface area contributed by atoms with Crippen molar-refractivity contribution >= 4 is 39.1 Å². The summed E-state index contributed by atoms with van der Waals surface area (Å²) in [4.78, 5) is 20.0. The van der Waals surface area contributed by atoms with Gasteiger partial charge >= 0.3 is 6.18 Å². The molecule has 0 atom stereocenters. The fourth-order valence-electron chi connectivity index (χ4n) is 3.78. The van der Waals surface area contributed by atoms with Crippen molar-refractivity contribution in [2.45, 2.75) is 6.18 Å². The number of non-ortho nitro benzene ring substituents is 1. The maximum atomic E-state index is 13.7. The largest absolute Gasteiger partial charge is 0.417 e. The van der Waals surface area contributed by atoms with Gasteiger partial charge in [-0.1, -0.05) is 48.0 Å². The summed E-state index contributed by atoms with van der Waals surface area (Å²) in [6.07, 6.45) is -2.12. The quantitative estimate of drug-likeness (QED) is 0.216. The van der Waals surface area contributed by atoms with E-state index in [4.69, 9.17) is 11.6 Å². The zero-order valence-electron chi connectivity index (χ0n) is 16.9. The highest BCUT2D eigenvalue weighted by atomic mass is 35.5. The third-order valence-electron chi connectivity index (χ3n) is 5.27. The van der Waals surface area contributed by atoms with E-state index in [2.05, 4.69) is 20.2 Å². The zero-order chi connectivity index (χ0) is 24.0. The zero-order valence-corrected chi connectivity index (χ0v) is 17.7. The Morgan fingerprint density at radius 3 is 2.32 bits per heavy atom. The molecular formula is C23H11ClF3N5O2. The number of nitrogens with zero attached hydrogens (tertiary/aromatic N) is 5. The summed E-state index contributed by atoms with van der Waals surface area (Å²) in [5.74, 6) is 0. The molecule has 5 aromatic rings. The molecule has 3 aromatic carbocycles. The maximum Gasteiger partial charge on any atom is 0.417 e. The average molecular weight is 482 g/mol. The molecule has 0 bridgehead atoms. The van der Waals surface area contributed by atoms with Crippen molar-refractivity contribution in [3.8, 4) is 22.5 Å². The van der Waals surface area contributed by atoms with Gasteiger partial charge in [-0.3, -0.25) is 15.1 Å². The molecule has 0 radical (unpaired) electrons. The number of alkyl halides is 3. The molecule has 0 saturated carbocycles. The predicted octanol–water partition coefficient (Wildman–Crippen LogP) is 6.49. The molecule has 2 heterocycles. The van der Waals surface area contributed by atoms with Gasteiger partial charge in [-0.25, -0.2) is 4.98 Å². The summed E-state index contributed by atoms with van der Waals surface area (Å²) >= 11 is 6.40. The first kappa shape index (κ1) is 21.7. The molecule has 0 unspecified atom stereocenters. The summed E-state index contributed by atoms with van der Waals surface area (Å²) in [7, 11) is 0. The summed E-state index contributed by atoms with van der Waals surface area (Å²) in [6.45, 7) is 0. The van der Waals surface area contributed by atoms with Gasteiger partial charge in [0, 0.05) is 27.6 Å². The molecule has 11 heteroatoms. The molecule has 0 N–H and O–H groups in total. The molecule has 0 amide bonds. The smallest absolute Gasteiger partial charge is 0.258 e. The van der Waals surface area contributed by atoms with Crippen molar-refractivity contribution in [2.75, 3.05) is 0 Å². The lowest BCUT2D eigenvalue weighted by molar-refractivity contribution is -0.383. The maximum absolute atomic E-state index is 13.7. The number of rotatable bonds is 3. The van der Waals surface area contributed by atoms with E-state index >= 15 is 0 Å². The molecule has 7 nitrogen and oxygen atoms in total. The highest BCUT2D eigenvalue weighted by molar-refractivity contribution is 6.33. The number of benzene rings is 3. The predicted molar refractivity (Wildman–Crippen MR) is 120 cm³/mol. The van der Waals surface area contributed by atoms with Gasteiger partial charge in [0.2, 0.25) is 0 Å². The topological polar surface area (TPSA) is 94.7 Å². The van der Waals surface area contributed by atoms with Crippen LogP contribution in [0.2, 0.25) is 5.02 Å². The van der Waals surface area contributed by atoms with Gasteiger partial charge < -0.3 is 0 Å². The van der Waals surface area contributed by atoms with E-state index in [0.717, 1.165) is 6.07 Å². The molecule has 0 saturated heterocycles. The first-order chi connectivity index (χ1) is 16.3. The third kappa shape index (κ3) is 3.57. The summed E-state index contributed by atoms with van der Waals surface area (Å²) in [6, 6.07) is 12.8. The fraction of sp³-hybridized carbons (Fsp3) is 0.0435. The number of nitro benzene ring substituents is 1. The van der Waals surface area contributed by atoms with Gasteiger partial charge in [0.05, 0.1) is 45.2 Å². The minimum atomic E-state index is -4.64. The van der Waals surface area contributed by atoms with Crippen LogP contribution in [0.3, 0.4) is 0 Å². The lowest BCUT2D eigenvalue weighted by atomic mass is 10.0. The highest BCUT2D eigenvalue weighted by Crippen LogP contribution is 2.40. The number of halogens is 4. The lowest BCUT2D eigenvalue weighted by Gasteiger charge is -2.12. The molecule has 0 fully saturated rings. The van der Waals surface area contributed by atoms with Gasteiger partial charge in [-0.15, -0.1) is 5.10 Å². The van der Waals surface area contributed by atoms with Crippen molar-refractivity contribution < 1.29 is 18.1 Å². The Balaban J connectivity index is 1.97. The molecule has 0 aliphatic heterocycles. The first-order valence-electron chi connectivity index (χ1n) is 9.76. The normalized spacial score (nSPS) is 11.8. The van der Waals surface area contributed by atoms with E-state index in [0.29, 0.717) is 5.56 Å². The minimum Gasteiger partial charge on any atom is -0.258 e. The molecule has 168 valence electrons. The third-order valence-corrected chi connectivity index (χ3v) is 5.60. The molecule has 5 rings (SSSR count). The first-order valence-corrected chi connectivity index (χ1v) is 10.1. The van der Waals surface area contributed by atoms with Crippen LogP contribution >= 0.6 is 11.6 Å². The van der Waals surface area contributed by atoms with Crippen molar-refractivity contribution in [3.05, 3.63) is 87.7 Å². The van der Waals surface area contributed by atoms with Gasteiger partial charge in [-0.05, 0) is 12.1 Å². The number of hydrogen-bond donors (Lipinski definition) is 0. The molecule has 34 heavy (non-hydrogen) atoms. The van der Waals surface area contributed by atoms with Crippen LogP contribution in [-0.2, 0) is 6.18 Å². The Bertz CT molecular complexity index is 1610. The summed E-state index contributed by atoms with van der Waals surface area (Å²) in [5.41, 5.74) is -0.738. The number of aromatic nitrogens is 4. The van der Waals surface area contributed by atoms with Crippen molar-refractivity contribution in [1.82, 2.24) is 20.2 Å². The van der Waals surface area contributed by atoms with Crippen molar-refractivity contribution in [2.24, 2.45) is 0 Å². The van der Waals surface area contributed by atoms with Crippen LogP contribution < -0.4 is 0 Å². The van der Waals surface area contributed by atoms with Crippen LogP contribution in [0.4, 0.5) is 18.9 Å². The van der Waals surface area contributed by atoms with Crippen LogP contribution in [0.1, 0.15) is 5.56 Å². The Morgan fingerprint density at radius 2 is 1.62 bits per heavy atom. The van der Waals surface area contributed by atoms with E-state index in [1.54, 1.807) is 24.3 Å². The van der Waals surface area contributed by atoms with Crippen LogP contribution in [0.25, 0.3) is 44.3 Å². The molecular weight excluding hydrogens is 471 g/mol. The second kappa shape index (κ2) is 7.99. The second-order valence-electron chi connectivity index (χ2n) is 7.28. The standard InChI is InChI=1S/C23H11ClF3N5O2/c24-17-8-4-2-6-13(17)21-14-9-19(32(33)34)22-15(10-29-31-22)20(14)28-11-18(30-21)12-5-1-3-7-16(12)23(25,26)27/h1-11H. The van der Waals surface area contributed by atoms with E-state index < -0.39 is 16.7 Å². The van der Waals surface area contributed by atoms with Gasteiger partial charge in [0.25, 0.3) is 5.69 Å². The van der Waals surface area contributed by atoms with E-state index in [1.165, 1.54) is 36.7 Å². The Hall–Kier alpha value is -4.18. The highest BCUT2D eigenvalue weighted by Gasteiger charge is 2.34. The number of nitro groups is 1. The van der Waals surface area contributed by atoms with Gasteiger partial charge in [-0.2, -0.15) is 18.3 Å². The molecule has 0 aliphatic rings. The molecule has 0 spiro atoms. The molecule has 0 aliphatic carbocycles. The Labute approximate surface area is 194 Å². The number of hydrogen-bond acceptors (Lipinski definition) is 6. The van der Waals surface area contributed by atoms with Gasteiger partial charge in [0.1, 0.15) is 0 Å². The van der Waals surface area contributed by atoms with E-state index in [9.17, 15) is 23.3 Å². The van der Waals surface area contributed by atoms with Crippen molar-refractivity contribution in [3.63, 3.8) is 0 Å². The monoisotopic (exact) mass is 481 g/mol. The van der Waals surface area contributed by atoms with E-state index in [-0.39, 0.29) is 49.5 Å². The average Bonchev–Trinajstić information content (AvgIpc) is 3.21. The SMILES string of the molecule is O=[N+]([O-])c1cc2c(-c3ccccc3Cl)nc(-c3ccccc3C(F)(F)F)cnc2c2cnnc12. The summed E-state index contributed by atoms with van der Waals surface area (Å²) in [5, 5.41) is 20.1. The van der Waals surface area contributed by atoms with Crippen LogP contribution in [0, 0.1) is 10.1 Å². The Kier molecular flexibility index (Phi) is 5.09. The Morgan fingerprint density at radius 1 is 0.912 bits per heavy atom. The summed E-state index contributed by atoms with van der Waals surface area (Å²) < 4.78 is 41.2. The minimum absolute atomic E-state index is 0.0125. The number of fused-ring (bicyclic) bond motifs is 3. The van der Waals surface area contributed by atoms with Crippen LogP contribution in [0.5, 0.6) is 0 Å². The molecule has 2 aromatic heterocycles. The fourth-order valence-corrected chi connectivity index (χ4v) is 4.00.